The van der Waals surface area contributed by atoms with E-state index in [1.807, 2.05) is 60.7 Å². The fourth-order valence-electron chi connectivity index (χ4n) is 4.34. The van der Waals surface area contributed by atoms with Gasteiger partial charge in [0.2, 0.25) is 5.78 Å². The maximum absolute atomic E-state index is 14.2. The molecule has 0 spiro atoms. The predicted octanol–water partition coefficient (Wildman–Crippen LogP) is 5.67. The Morgan fingerprint density at radius 2 is 1.45 bits per heavy atom. The van der Waals surface area contributed by atoms with Crippen molar-refractivity contribution in [1.29, 1.82) is 0 Å². The van der Waals surface area contributed by atoms with Gasteiger partial charge in [-0.3, -0.25) is 19.6 Å². The minimum absolute atomic E-state index is 0.317. The number of carbonyl (C=O) groups excluding carboxylic acids is 2. The van der Waals surface area contributed by atoms with Crippen LogP contribution in [0.25, 0.3) is 0 Å². The van der Waals surface area contributed by atoms with Gasteiger partial charge in [-0.1, -0.05) is 60.7 Å². The van der Waals surface area contributed by atoms with E-state index in [2.05, 4.69) is 15.3 Å². The van der Waals surface area contributed by atoms with Crippen LogP contribution in [0, 0.1) is 0 Å². The molecule has 3 aromatic carbocycles. The van der Waals surface area contributed by atoms with Crippen LogP contribution in [-0.2, 0) is 23.5 Å². The zero-order chi connectivity index (χ0) is 29.6. The van der Waals surface area contributed by atoms with Gasteiger partial charge in [0.05, 0.1) is 17.6 Å². The average Bonchev–Trinajstić information content (AvgIpc) is 3.51. The van der Waals surface area contributed by atoms with Crippen molar-refractivity contribution in [3.63, 3.8) is 0 Å². The van der Waals surface area contributed by atoms with Gasteiger partial charge in [-0.25, -0.2) is 0 Å². The zero-order valence-electron chi connectivity index (χ0n) is 23.4. The molecular formula is C34H31N3O5. The fraction of sp³-hybridized carbons (Fsp3) is 0.176. The number of nitrogens with one attached hydrogen (secondary N) is 1. The molecule has 0 aliphatic carbocycles. The fourth-order valence-corrected chi connectivity index (χ4v) is 4.34. The number of allylic oxidation sites excluding steroid dienone is 1. The largest absolute Gasteiger partial charge is 0.489 e. The number of ether oxygens (including phenoxy) is 2. The van der Waals surface area contributed by atoms with E-state index in [9.17, 15) is 14.7 Å². The molecule has 0 fully saturated rings. The minimum Gasteiger partial charge on any atom is -0.489 e. The molecule has 1 aliphatic rings. The van der Waals surface area contributed by atoms with Gasteiger partial charge in [0.1, 0.15) is 30.3 Å². The lowest BCUT2D eigenvalue weighted by Crippen LogP contribution is -2.36. The van der Waals surface area contributed by atoms with Crippen LogP contribution in [-0.4, -0.2) is 33.6 Å². The first kappa shape index (κ1) is 28.4. The second-order valence-corrected chi connectivity index (χ2v) is 10.4. The maximum atomic E-state index is 14.2. The van der Waals surface area contributed by atoms with E-state index in [-0.39, 0.29) is 5.78 Å². The highest BCUT2D eigenvalue weighted by molar-refractivity contribution is 6.08. The third kappa shape index (κ3) is 6.62. The topological polar surface area (TPSA) is 110 Å². The van der Waals surface area contributed by atoms with Gasteiger partial charge in [0.25, 0.3) is 5.91 Å². The number of Topliss-reactive ketones (excluding diaryl/α,β-unsaturated/α-hetero) is 1. The van der Waals surface area contributed by atoms with Gasteiger partial charge < -0.3 is 19.9 Å². The lowest BCUT2D eigenvalue weighted by atomic mass is 9.86. The molecule has 4 aromatic rings. The predicted molar refractivity (Wildman–Crippen MR) is 161 cm³/mol. The van der Waals surface area contributed by atoms with Crippen molar-refractivity contribution in [2.45, 2.75) is 38.2 Å². The molecule has 42 heavy (non-hydrogen) atoms. The van der Waals surface area contributed by atoms with Crippen molar-refractivity contribution in [3.05, 3.63) is 132 Å². The minimum atomic E-state index is -1.55. The molecular weight excluding hydrogens is 530 g/mol. The van der Waals surface area contributed by atoms with Crippen molar-refractivity contribution in [1.82, 2.24) is 4.98 Å². The van der Waals surface area contributed by atoms with Crippen LogP contribution < -0.4 is 14.8 Å². The molecule has 8 heteroatoms. The molecule has 2 N–H and O–H groups in total. The Balaban J connectivity index is 1.44. The van der Waals surface area contributed by atoms with Crippen molar-refractivity contribution in [2.24, 2.45) is 4.99 Å². The van der Waals surface area contributed by atoms with Gasteiger partial charge >= 0.3 is 0 Å². The molecule has 8 nitrogen and oxygen atoms in total. The molecule has 0 bridgehead atoms. The van der Waals surface area contributed by atoms with Crippen LogP contribution in [0.3, 0.4) is 0 Å². The molecule has 212 valence electrons. The highest BCUT2D eigenvalue weighted by Crippen LogP contribution is 2.36. The second kappa shape index (κ2) is 12.2. The highest BCUT2D eigenvalue weighted by atomic mass is 16.5. The number of nitrogens with zero attached hydrogens (tertiary/aromatic N) is 2. The lowest BCUT2D eigenvalue weighted by Gasteiger charge is -2.23. The highest BCUT2D eigenvalue weighted by Gasteiger charge is 2.41. The quantitative estimate of drug-likeness (QED) is 0.229. The number of pyridine rings is 1. The number of aromatic nitrogens is 1. The third-order valence-corrected chi connectivity index (χ3v) is 6.65. The summed E-state index contributed by atoms with van der Waals surface area (Å²) in [5, 5.41) is 12.6. The summed E-state index contributed by atoms with van der Waals surface area (Å²) in [6.07, 6.45) is 6.39. The molecule has 0 saturated carbocycles. The molecule has 0 radical (unpaired) electrons. The summed E-state index contributed by atoms with van der Waals surface area (Å²) in [6.45, 7) is 3.43. The maximum Gasteiger partial charge on any atom is 0.255 e. The van der Waals surface area contributed by atoms with Crippen LogP contribution in [0.5, 0.6) is 11.5 Å². The van der Waals surface area contributed by atoms with Gasteiger partial charge in [-0.15, -0.1) is 0 Å². The molecule has 1 atom stereocenters. The first-order valence-corrected chi connectivity index (χ1v) is 13.5. The number of amides is 1. The van der Waals surface area contributed by atoms with Gasteiger partial charge in [0, 0.05) is 17.8 Å². The molecule has 1 unspecified atom stereocenters. The monoisotopic (exact) mass is 561 g/mol. The van der Waals surface area contributed by atoms with Crippen LogP contribution in [0.1, 0.15) is 41.0 Å². The Morgan fingerprint density at radius 3 is 1.93 bits per heavy atom. The van der Waals surface area contributed by atoms with E-state index >= 15 is 0 Å². The summed E-state index contributed by atoms with van der Waals surface area (Å²) in [6, 6.07) is 27.9. The molecule has 1 aliphatic heterocycles. The Kier molecular flexibility index (Phi) is 8.26. The summed E-state index contributed by atoms with van der Waals surface area (Å²) < 4.78 is 12.2. The summed E-state index contributed by atoms with van der Waals surface area (Å²) in [4.78, 5) is 35.4. The van der Waals surface area contributed by atoms with Gasteiger partial charge in [-0.2, -0.15) is 0 Å². The van der Waals surface area contributed by atoms with E-state index < -0.39 is 17.0 Å². The number of aliphatic hydroxyl groups is 1. The summed E-state index contributed by atoms with van der Waals surface area (Å²) in [5.41, 5.74) is 0.112. The number of benzene rings is 3. The van der Waals surface area contributed by atoms with Crippen molar-refractivity contribution < 1.29 is 24.2 Å². The molecule has 5 rings (SSSR count). The van der Waals surface area contributed by atoms with Crippen LogP contribution in [0.4, 0.5) is 5.69 Å². The van der Waals surface area contributed by atoms with Crippen LogP contribution in [0.15, 0.2) is 114 Å². The van der Waals surface area contributed by atoms with Crippen molar-refractivity contribution in [2.75, 3.05) is 5.32 Å². The number of anilines is 1. The standard InChI is InChI=1S/C34H31N3O5/c1-33(2,40)32(39)37-27-14-15-30(35-21-27)34(16-9-17-36-34)31(38)26-18-28(41-22-24-10-5-3-6-11-24)20-29(19-26)42-23-25-12-7-4-8-13-25/h3-21,40H,22-23H2,1-2H3,(H,37,39). The average molecular weight is 562 g/mol. The number of hydrogen-bond donors (Lipinski definition) is 2. The Hall–Kier alpha value is -5.08. The number of rotatable bonds is 11. The van der Waals surface area contributed by atoms with E-state index in [1.165, 1.54) is 20.0 Å². The summed E-state index contributed by atoms with van der Waals surface area (Å²) in [7, 11) is 0. The number of ketones is 1. The molecule has 1 amide bonds. The normalized spacial score (nSPS) is 15.8. The molecule has 2 heterocycles. The van der Waals surface area contributed by atoms with E-state index in [0.717, 1.165) is 11.1 Å². The van der Waals surface area contributed by atoms with Gasteiger partial charge in [-0.05, 0) is 61.4 Å². The van der Waals surface area contributed by atoms with Crippen LogP contribution in [0.2, 0.25) is 0 Å². The van der Waals surface area contributed by atoms with E-state index in [4.69, 9.17) is 9.47 Å². The SMILES string of the molecule is CC(C)(O)C(=O)Nc1ccc(C2(C(=O)c3cc(OCc4ccccc4)cc(OCc4ccccc4)c3)C=CC=N2)nc1. The number of aliphatic imine (C=N–C) groups is 1. The Bertz CT molecular complexity index is 1540. The van der Waals surface area contributed by atoms with Crippen molar-refractivity contribution in [3.8, 4) is 11.5 Å². The Morgan fingerprint density at radius 1 is 0.857 bits per heavy atom. The second-order valence-electron chi connectivity index (χ2n) is 10.4. The molecule has 0 saturated heterocycles. The van der Waals surface area contributed by atoms with Crippen molar-refractivity contribution >= 4 is 23.6 Å². The number of carbonyl (C=O) groups is 2. The summed E-state index contributed by atoms with van der Waals surface area (Å²) in [5.74, 6) is 0.0676. The first-order chi connectivity index (χ1) is 20.2. The smallest absolute Gasteiger partial charge is 0.255 e. The lowest BCUT2D eigenvalue weighted by molar-refractivity contribution is -0.130. The van der Waals surface area contributed by atoms with Crippen LogP contribution >= 0.6 is 0 Å². The van der Waals surface area contributed by atoms with E-state index in [1.54, 1.807) is 48.7 Å². The Labute approximate surface area is 244 Å². The summed E-state index contributed by atoms with van der Waals surface area (Å²) >= 11 is 0. The first-order valence-electron chi connectivity index (χ1n) is 13.5. The zero-order valence-corrected chi connectivity index (χ0v) is 23.4. The van der Waals surface area contributed by atoms with Gasteiger partial charge in [0.15, 0.2) is 5.54 Å². The van der Waals surface area contributed by atoms with E-state index in [0.29, 0.717) is 41.7 Å². The number of hydrogen-bond acceptors (Lipinski definition) is 7. The third-order valence-electron chi connectivity index (χ3n) is 6.65. The molecule has 1 aromatic heterocycles.